The molecule has 0 spiro atoms. The van der Waals surface area contributed by atoms with Crippen LogP contribution in [0.5, 0.6) is 0 Å². The molecule has 106 valence electrons. The van der Waals surface area contributed by atoms with Crippen molar-refractivity contribution < 1.29 is 13.9 Å². The minimum absolute atomic E-state index is 0. The number of ether oxygens (including phenoxy) is 1. The minimum Gasteiger partial charge on any atom is -0.469 e. The van der Waals surface area contributed by atoms with Gasteiger partial charge < -0.3 is 10.1 Å². The first kappa shape index (κ1) is 15.9. The number of carbonyl (C=O) groups is 1. The summed E-state index contributed by atoms with van der Waals surface area (Å²) in [6, 6.07) is 6.17. The Morgan fingerprint density at radius 3 is 2.58 bits per heavy atom. The molecule has 0 unspecified atom stereocenters. The van der Waals surface area contributed by atoms with Gasteiger partial charge in [0.2, 0.25) is 0 Å². The van der Waals surface area contributed by atoms with Crippen molar-refractivity contribution in [2.24, 2.45) is 0 Å². The summed E-state index contributed by atoms with van der Waals surface area (Å²) in [6.07, 6.45) is 3.18. The van der Waals surface area contributed by atoms with Gasteiger partial charge in [0.05, 0.1) is 13.0 Å². The van der Waals surface area contributed by atoms with Gasteiger partial charge in [-0.2, -0.15) is 0 Å². The second-order valence-electron chi connectivity index (χ2n) is 4.61. The summed E-state index contributed by atoms with van der Waals surface area (Å²) in [7, 11) is 1.39. The second kappa shape index (κ2) is 7.46. The maximum absolute atomic E-state index is 12.9. The summed E-state index contributed by atoms with van der Waals surface area (Å²) in [5.74, 6) is -0.907. The van der Waals surface area contributed by atoms with Crippen molar-refractivity contribution in [3.05, 3.63) is 35.6 Å². The molecule has 1 fully saturated rings. The molecule has 0 aliphatic carbocycles. The van der Waals surface area contributed by atoms with E-state index in [0.29, 0.717) is 0 Å². The highest BCUT2D eigenvalue weighted by Crippen LogP contribution is 2.26. The van der Waals surface area contributed by atoms with Crippen LogP contribution < -0.4 is 5.32 Å². The first-order valence-electron chi connectivity index (χ1n) is 6.29. The topological polar surface area (TPSA) is 38.3 Å². The molecule has 1 aliphatic heterocycles. The van der Waals surface area contributed by atoms with Crippen molar-refractivity contribution in [1.82, 2.24) is 5.32 Å². The van der Waals surface area contributed by atoms with Crippen molar-refractivity contribution >= 4 is 18.4 Å². The van der Waals surface area contributed by atoms with Crippen LogP contribution in [0, 0.1) is 5.82 Å². The fourth-order valence-corrected chi connectivity index (χ4v) is 2.49. The van der Waals surface area contributed by atoms with Crippen LogP contribution in [-0.2, 0) is 9.53 Å². The van der Waals surface area contributed by atoms with Crippen LogP contribution in [-0.4, -0.2) is 25.7 Å². The molecule has 0 radical (unpaired) electrons. The number of nitrogens with one attached hydrogen (secondary N) is 1. The lowest BCUT2D eigenvalue weighted by Gasteiger charge is -2.30. The summed E-state index contributed by atoms with van der Waals surface area (Å²) in [6.45, 7) is 0.916. The largest absolute Gasteiger partial charge is 0.469 e. The Morgan fingerprint density at radius 2 is 2.05 bits per heavy atom. The number of methoxy groups -OCH3 is 1. The van der Waals surface area contributed by atoms with Crippen LogP contribution in [0.25, 0.3) is 0 Å². The molecule has 1 N–H and O–H groups in total. The average Bonchev–Trinajstić information content (AvgIpc) is 2.42. The molecule has 19 heavy (non-hydrogen) atoms. The quantitative estimate of drug-likeness (QED) is 0.869. The van der Waals surface area contributed by atoms with E-state index in [1.807, 2.05) is 0 Å². The van der Waals surface area contributed by atoms with Gasteiger partial charge in [-0.1, -0.05) is 18.6 Å². The molecule has 2 atom stereocenters. The molecule has 0 amide bonds. The second-order valence-corrected chi connectivity index (χ2v) is 4.61. The van der Waals surface area contributed by atoms with Crippen molar-refractivity contribution in [2.45, 2.75) is 31.2 Å². The van der Waals surface area contributed by atoms with Crippen LogP contribution in [0.15, 0.2) is 24.3 Å². The van der Waals surface area contributed by atoms with E-state index in [4.69, 9.17) is 4.74 Å². The van der Waals surface area contributed by atoms with Crippen molar-refractivity contribution in [3.63, 3.8) is 0 Å². The zero-order valence-corrected chi connectivity index (χ0v) is 11.7. The molecule has 1 aliphatic rings. The van der Waals surface area contributed by atoms with Gasteiger partial charge in [0, 0.05) is 6.04 Å². The molecule has 1 heterocycles. The monoisotopic (exact) mass is 287 g/mol. The number of rotatable bonds is 3. The number of carbonyl (C=O) groups excluding carboxylic acids is 1. The van der Waals surface area contributed by atoms with Crippen molar-refractivity contribution in [3.8, 4) is 0 Å². The number of hydrogen-bond acceptors (Lipinski definition) is 3. The fourth-order valence-electron chi connectivity index (χ4n) is 2.49. The predicted molar refractivity (Wildman–Crippen MR) is 74.0 cm³/mol. The van der Waals surface area contributed by atoms with E-state index in [9.17, 15) is 9.18 Å². The van der Waals surface area contributed by atoms with Crippen molar-refractivity contribution in [1.29, 1.82) is 0 Å². The molecule has 3 nitrogen and oxygen atoms in total. The molecular formula is C14H19ClFNO2. The van der Waals surface area contributed by atoms with Crippen LogP contribution in [0.4, 0.5) is 4.39 Å². The van der Waals surface area contributed by atoms with E-state index < -0.39 is 0 Å². The van der Waals surface area contributed by atoms with Crippen LogP contribution in [0.2, 0.25) is 0 Å². The van der Waals surface area contributed by atoms with E-state index in [2.05, 4.69) is 5.32 Å². The summed E-state index contributed by atoms with van der Waals surface area (Å²) in [5.41, 5.74) is 0.808. The summed E-state index contributed by atoms with van der Waals surface area (Å²) < 4.78 is 17.8. The van der Waals surface area contributed by atoms with E-state index in [1.165, 1.54) is 19.2 Å². The molecule has 0 bridgehead atoms. The highest BCUT2D eigenvalue weighted by Gasteiger charge is 2.31. The number of piperidine rings is 1. The fraction of sp³-hybridized carbons (Fsp3) is 0.500. The Hall–Kier alpha value is -1.13. The van der Waals surface area contributed by atoms with Gasteiger partial charge in [-0.3, -0.25) is 4.79 Å². The highest BCUT2D eigenvalue weighted by atomic mass is 35.5. The van der Waals surface area contributed by atoms with E-state index >= 15 is 0 Å². The van der Waals surface area contributed by atoms with Gasteiger partial charge in [-0.25, -0.2) is 4.39 Å². The third-order valence-corrected chi connectivity index (χ3v) is 3.44. The zero-order valence-electron chi connectivity index (χ0n) is 10.9. The first-order valence-corrected chi connectivity index (χ1v) is 6.29. The molecule has 0 aromatic heterocycles. The standard InChI is InChI=1S/C14H18FNO2.ClH/c1-18-14(17)13(12-4-2-3-9-16-12)10-5-7-11(15)8-6-10;/h5-8,12-13,16H,2-4,9H2,1H3;1H/t12-,13-;/m0./s1. The lowest BCUT2D eigenvalue weighted by atomic mass is 9.86. The van der Waals surface area contributed by atoms with Gasteiger partial charge in [0.1, 0.15) is 5.82 Å². The normalized spacial score (nSPS) is 20.2. The third-order valence-electron chi connectivity index (χ3n) is 3.44. The molecule has 1 aromatic carbocycles. The molecule has 0 saturated carbocycles. The maximum Gasteiger partial charge on any atom is 0.314 e. The Bertz CT molecular complexity index is 404. The number of hydrogen-bond donors (Lipinski definition) is 1. The van der Waals surface area contributed by atoms with E-state index in [0.717, 1.165) is 31.4 Å². The van der Waals surface area contributed by atoms with Gasteiger partial charge in [-0.15, -0.1) is 12.4 Å². The molecular weight excluding hydrogens is 269 g/mol. The van der Waals surface area contributed by atoms with Crippen LogP contribution in [0.3, 0.4) is 0 Å². The number of halogens is 2. The first-order chi connectivity index (χ1) is 8.72. The molecule has 1 aromatic rings. The number of esters is 1. The smallest absolute Gasteiger partial charge is 0.314 e. The molecule has 2 rings (SSSR count). The summed E-state index contributed by atoms with van der Waals surface area (Å²) in [5, 5.41) is 3.35. The lowest BCUT2D eigenvalue weighted by molar-refractivity contribution is -0.143. The highest BCUT2D eigenvalue weighted by molar-refractivity contribution is 5.85. The predicted octanol–water partition coefficient (Wildman–Crippen LogP) is 2.65. The van der Waals surface area contributed by atoms with Gasteiger partial charge in [-0.05, 0) is 37.1 Å². The average molecular weight is 288 g/mol. The van der Waals surface area contributed by atoms with Gasteiger partial charge in [0.15, 0.2) is 0 Å². The molecule has 5 heteroatoms. The van der Waals surface area contributed by atoms with Crippen LogP contribution in [0.1, 0.15) is 30.7 Å². The Balaban J connectivity index is 0.00000180. The Morgan fingerprint density at radius 1 is 1.37 bits per heavy atom. The maximum atomic E-state index is 12.9. The molecule has 1 saturated heterocycles. The Kier molecular flexibility index (Phi) is 6.25. The van der Waals surface area contributed by atoms with Gasteiger partial charge in [0.25, 0.3) is 0 Å². The van der Waals surface area contributed by atoms with Gasteiger partial charge >= 0.3 is 5.97 Å². The summed E-state index contributed by atoms with van der Waals surface area (Å²) in [4.78, 5) is 11.9. The minimum atomic E-state index is -0.351. The zero-order chi connectivity index (χ0) is 13.0. The Labute approximate surface area is 118 Å². The van der Waals surface area contributed by atoms with E-state index in [1.54, 1.807) is 12.1 Å². The van der Waals surface area contributed by atoms with E-state index in [-0.39, 0.29) is 36.2 Å². The van der Waals surface area contributed by atoms with Crippen LogP contribution >= 0.6 is 12.4 Å². The third kappa shape index (κ3) is 3.91. The number of benzene rings is 1. The lowest BCUT2D eigenvalue weighted by Crippen LogP contribution is -2.42. The SMILES string of the molecule is COC(=O)[C@@H](c1ccc(F)cc1)[C@@H]1CCCCN1.Cl. The van der Waals surface area contributed by atoms with Crippen molar-refractivity contribution in [2.75, 3.05) is 13.7 Å². The summed E-state index contributed by atoms with van der Waals surface area (Å²) >= 11 is 0.